The van der Waals surface area contributed by atoms with Crippen molar-refractivity contribution in [3.05, 3.63) is 11.3 Å². The Balaban J connectivity index is 3.11. The van der Waals surface area contributed by atoms with Crippen LogP contribution < -0.4 is 0 Å². The SMILES string of the molecule is CC1=C(O)C(=O)N(C)C1=O. The maximum absolute atomic E-state index is 10.8. The molecule has 0 aliphatic carbocycles. The average molecular weight is 141 g/mol. The van der Waals surface area contributed by atoms with Crippen LogP contribution in [0.1, 0.15) is 6.92 Å². The normalized spacial score (nSPS) is 19.2. The van der Waals surface area contributed by atoms with E-state index in [1.807, 2.05) is 0 Å². The smallest absolute Gasteiger partial charge is 0.295 e. The van der Waals surface area contributed by atoms with Gasteiger partial charge in [0.1, 0.15) is 0 Å². The monoisotopic (exact) mass is 141 g/mol. The lowest BCUT2D eigenvalue weighted by molar-refractivity contribution is -0.136. The van der Waals surface area contributed by atoms with Crippen LogP contribution in [-0.4, -0.2) is 28.9 Å². The number of carbonyl (C=O) groups is 2. The summed E-state index contributed by atoms with van der Waals surface area (Å²) in [5, 5.41) is 8.87. The standard InChI is InChI=1S/C6H7NO3/c1-3-4(8)6(10)7(2)5(3)9/h8H,1-2H3. The predicted molar refractivity (Wildman–Crippen MR) is 33.1 cm³/mol. The van der Waals surface area contributed by atoms with Gasteiger partial charge in [-0.1, -0.05) is 0 Å². The number of hydrogen-bond acceptors (Lipinski definition) is 3. The Bertz CT molecular complexity index is 217. The van der Waals surface area contributed by atoms with Crippen LogP contribution >= 0.6 is 0 Å². The molecular formula is C6H7NO3. The molecule has 1 N–H and O–H groups in total. The number of aliphatic hydroxyl groups excluding tert-OH is 1. The molecule has 1 aliphatic heterocycles. The Kier molecular flexibility index (Phi) is 1.24. The minimum absolute atomic E-state index is 0.118. The molecule has 4 heteroatoms. The van der Waals surface area contributed by atoms with E-state index >= 15 is 0 Å². The van der Waals surface area contributed by atoms with Crippen molar-refractivity contribution in [2.45, 2.75) is 6.92 Å². The van der Waals surface area contributed by atoms with E-state index < -0.39 is 17.6 Å². The molecule has 10 heavy (non-hydrogen) atoms. The number of carbonyl (C=O) groups excluding carboxylic acids is 2. The van der Waals surface area contributed by atoms with Crippen LogP contribution in [0.2, 0.25) is 0 Å². The maximum atomic E-state index is 10.8. The molecular weight excluding hydrogens is 134 g/mol. The van der Waals surface area contributed by atoms with E-state index in [4.69, 9.17) is 5.11 Å². The van der Waals surface area contributed by atoms with E-state index in [1.54, 1.807) is 0 Å². The number of likely N-dealkylation sites (N-methyl/N-ethyl adjacent to an activating group) is 1. The largest absolute Gasteiger partial charge is 0.503 e. The van der Waals surface area contributed by atoms with Crippen LogP contribution in [0, 0.1) is 0 Å². The zero-order valence-corrected chi connectivity index (χ0v) is 5.71. The molecule has 0 radical (unpaired) electrons. The molecule has 1 aliphatic rings. The number of imide groups is 1. The van der Waals surface area contributed by atoms with Gasteiger partial charge in [0, 0.05) is 7.05 Å². The molecule has 0 saturated heterocycles. The summed E-state index contributed by atoms with van der Waals surface area (Å²) in [5.74, 6) is -1.49. The first-order valence-electron chi connectivity index (χ1n) is 2.78. The van der Waals surface area contributed by atoms with Crippen molar-refractivity contribution < 1.29 is 14.7 Å². The van der Waals surface area contributed by atoms with E-state index in [-0.39, 0.29) is 5.57 Å². The summed E-state index contributed by atoms with van der Waals surface area (Å²) in [6.07, 6.45) is 0. The molecule has 0 unspecified atom stereocenters. The van der Waals surface area contributed by atoms with Crippen molar-refractivity contribution >= 4 is 11.8 Å². The zero-order chi connectivity index (χ0) is 7.89. The fourth-order valence-electron chi connectivity index (χ4n) is 0.764. The maximum Gasteiger partial charge on any atom is 0.295 e. The first-order valence-corrected chi connectivity index (χ1v) is 2.78. The van der Waals surface area contributed by atoms with Crippen LogP contribution in [0.15, 0.2) is 11.3 Å². The molecule has 0 atom stereocenters. The minimum atomic E-state index is -0.623. The molecule has 0 spiro atoms. The highest BCUT2D eigenvalue weighted by Crippen LogP contribution is 2.15. The molecule has 1 rings (SSSR count). The third kappa shape index (κ3) is 0.618. The Morgan fingerprint density at radius 3 is 1.90 bits per heavy atom. The van der Waals surface area contributed by atoms with E-state index in [9.17, 15) is 9.59 Å². The van der Waals surface area contributed by atoms with Crippen LogP contribution in [-0.2, 0) is 9.59 Å². The lowest BCUT2D eigenvalue weighted by atomic mass is 10.3. The van der Waals surface area contributed by atoms with E-state index in [1.165, 1.54) is 14.0 Å². The highest BCUT2D eigenvalue weighted by molar-refractivity contribution is 6.17. The number of hydrogen-bond donors (Lipinski definition) is 1. The van der Waals surface area contributed by atoms with Gasteiger partial charge >= 0.3 is 0 Å². The van der Waals surface area contributed by atoms with Gasteiger partial charge in [-0.2, -0.15) is 0 Å². The second-order valence-corrected chi connectivity index (χ2v) is 2.14. The number of nitrogens with zero attached hydrogens (tertiary/aromatic N) is 1. The van der Waals surface area contributed by atoms with Gasteiger partial charge in [0.15, 0.2) is 5.76 Å². The summed E-state index contributed by atoms with van der Waals surface area (Å²) in [7, 11) is 1.33. The molecule has 0 aromatic heterocycles. The van der Waals surface area contributed by atoms with Gasteiger partial charge in [-0.15, -0.1) is 0 Å². The lowest BCUT2D eigenvalue weighted by Crippen LogP contribution is -2.26. The molecule has 1 heterocycles. The van der Waals surface area contributed by atoms with E-state index in [2.05, 4.69) is 0 Å². The number of rotatable bonds is 0. The Labute approximate surface area is 57.7 Å². The van der Waals surface area contributed by atoms with Crippen LogP contribution in [0.25, 0.3) is 0 Å². The van der Waals surface area contributed by atoms with Crippen LogP contribution in [0.4, 0.5) is 0 Å². The highest BCUT2D eigenvalue weighted by atomic mass is 16.3. The molecule has 54 valence electrons. The topological polar surface area (TPSA) is 57.6 Å². The second kappa shape index (κ2) is 1.83. The van der Waals surface area contributed by atoms with Gasteiger partial charge in [0.2, 0.25) is 0 Å². The summed E-state index contributed by atoms with van der Waals surface area (Å²) < 4.78 is 0. The average Bonchev–Trinajstić information content (AvgIpc) is 2.07. The lowest BCUT2D eigenvalue weighted by Gasteiger charge is -2.03. The predicted octanol–water partition coefficient (Wildman–Crippen LogP) is -0.183. The van der Waals surface area contributed by atoms with Crippen molar-refractivity contribution in [3.63, 3.8) is 0 Å². The van der Waals surface area contributed by atoms with Crippen molar-refractivity contribution in [1.29, 1.82) is 0 Å². The van der Waals surface area contributed by atoms with Gasteiger partial charge in [-0.3, -0.25) is 14.5 Å². The second-order valence-electron chi connectivity index (χ2n) is 2.14. The van der Waals surface area contributed by atoms with Crippen molar-refractivity contribution in [3.8, 4) is 0 Å². The van der Waals surface area contributed by atoms with Gasteiger partial charge in [-0.05, 0) is 6.92 Å². The van der Waals surface area contributed by atoms with E-state index in [0.29, 0.717) is 0 Å². The van der Waals surface area contributed by atoms with Gasteiger partial charge in [-0.25, -0.2) is 0 Å². The van der Waals surface area contributed by atoms with Crippen LogP contribution in [0.5, 0.6) is 0 Å². The van der Waals surface area contributed by atoms with Gasteiger partial charge in [0.05, 0.1) is 5.57 Å². The molecule has 0 saturated carbocycles. The summed E-state index contributed by atoms with van der Waals surface area (Å²) in [4.78, 5) is 22.4. The summed E-state index contributed by atoms with van der Waals surface area (Å²) in [5.41, 5.74) is 0.118. The first-order chi connectivity index (χ1) is 4.55. The molecule has 0 aromatic carbocycles. The zero-order valence-electron chi connectivity index (χ0n) is 5.71. The third-order valence-electron chi connectivity index (χ3n) is 1.49. The fraction of sp³-hybridized carbons (Fsp3) is 0.333. The number of aliphatic hydroxyl groups is 1. The Morgan fingerprint density at radius 2 is 1.80 bits per heavy atom. The molecule has 0 fully saturated rings. The van der Waals surface area contributed by atoms with Gasteiger partial charge < -0.3 is 5.11 Å². The summed E-state index contributed by atoms with van der Waals surface area (Å²) >= 11 is 0. The van der Waals surface area contributed by atoms with Crippen molar-refractivity contribution in [2.75, 3.05) is 7.05 Å². The minimum Gasteiger partial charge on any atom is -0.503 e. The molecule has 0 bridgehead atoms. The number of amides is 2. The summed E-state index contributed by atoms with van der Waals surface area (Å²) in [6, 6.07) is 0. The molecule has 4 nitrogen and oxygen atoms in total. The van der Waals surface area contributed by atoms with Crippen LogP contribution in [0.3, 0.4) is 0 Å². The van der Waals surface area contributed by atoms with Gasteiger partial charge in [0.25, 0.3) is 11.8 Å². The van der Waals surface area contributed by atoms with Crippen molar-refractivity contribution in [2.24, 2.45) is 0 Å². The first kappa shape index (κ1) is 6.80. The Hall–Kier alpha value is -1.32. The summed E-state index contributed by atoms with van der Waals surface area (Å²) in [6.45, 7) is 1.42. The molecule has 2 amide bonds. The fourth-order valence-corrected chi connectivity index (χ4v) is 0.764. The third-order valence-corrected chi connectivity index (χ3v) is 1.49. The molecule has 0 aromatic rings. The van der Waals surface area contributed by atoms with E-state index in [0.717, 1.165) is 4.90 Å². The highest BCUT2D eigenvalue weighted by Gasteiger charge is 2.32. The Morgan fingerprint density at radius 1 is 1.30 bits per heavy atom. The van der Waals surface area contributed by atoms with Crippen molar-refractivity contribution in [1.82, 2.24) is 4.90 Å². The quantitative estimate of drug-likeness (QED) is 0.476.